The molecule has 0 aliphatic carbocycles. The predicted octanol–water partition coefficient (Wildman–Crippen LogP) is 0.457. The Bertz CT molecular complexity index is 582. The molecule has 0 fully saturated rings. The summed E-state index contributed by atoms with van der Waals surface area (Å²) in [7, 11) is 0. The van der Waals surface area contributed by atoms with Gasteiger partial charge in [-0.1, -0.05) is 22.9 Å². The molecule has 3 N–H and O–H groups in total. The quantitative estimate of drug-likeness (QED) is 0.767. The lowest BCUT2D eigenvalue weighted by Crippen LogP contribution is -2.48. The molecule has 0 bridgehead atoms. The highest BCUT2D eigenvalue weighted by molar-refractivity contribution is 5.98. The molecule has 18 heavy (non-hydrogen) atoms. The number of hydrogen-bond acceptors (Lipinski definition) is 2. The van der Waals surface area contributed by atoms with Gasteiger partial charge < -0.3 is 5.73 Å². The third kappa shape index (κ3) is 2.70. The Morgan fingerprint density at radius 2 is 1.67 bits per heavy atom. The van der Waals surface area contributed by atoms with Crippen LogP contribution in [-0.4, -0.2) is 11.8 Å². The summed E-state index contributed by atoms with van der Waals surface area (Å²) in [6, 6.07) is 12.0. The third-order valence-corrected chi connectivity index (χ3v) is 2.35. The maximum Gasteiger partial charge on any atom is 0.305 e. The number of primary amides is 1. The zero-order valence-corrected chi connectivity index (χ0v) is 9.54. The second-order valence-corrected chi connectivity index (χ2v) is 3.67. The summed E-state index contributed by atoms with van der Waals surface area (Å²) in [5, 5.41) is 0. The molecule has 2 rings (SSSR count). The lowest BCUT2D eigenvalue weighted by atomic mass is 10.2. The van der Waals surface area contributed by atoms with E-state index in [0.717, 1.165) is 0 Å². The van der Waals surface area contributed by atoms with Crippen molar-refractivity contribution in [3.8, 4) is 0 Å². The summed E-state index contributed by atoms with van der Waals surface area (Å²) < 4.78 is 1.40. The molecule has 0 saturated carbocycles. The minimum Gasteiger partial charge on any atom is -0.365 e. The number of hydrogen-bond donors (Lipinski definition) is 2. The van der Waals surface area contributed by atoms with E-state index in [9.17, 15) is 9.59 Å². The number of pyridine rings is 1. The van der Waals surface area contributed by atoms with Crippen molar-refractivity contribution in [2.24, 2.45) is 5.73 Å². The van der Waals surface area contributed by atoms with Gasteiger partial charge in [0.25, 0.3) is 5.91 Å². The Morgan fingerprint density at radius 1 is 1.00 bits per heavy atom. The van der Waals surface area contributed by atoms with E-state index in [-0.39, 0.29) is 5.91 Å². The van der Waals surface area contributed by atoms with Crippen LogP contribution in [0.25, 0.3) is 0 Å². The van der Waals surface area contributed by atoms with Gasteiger partial charge in [0.05, 0.1) is 0 Å². The standard InChI is InChI=1S/C13H11N3O2/c14-12(17)11-7-4-8-16(9-11)15-13(18)10-5-2-1-3-6-10/h1-9H,(H2-,14,15,17,18)/p+1. The fourth-order valence-electron chi connectivity index (χ4n) is 1.46. The maximum absolute atomic E-state index is 11.8. The second-order valence-electron chi connectivity index (χ2n) is 3.67. The lowest BCUT2D eigenvalue weighted by molar-refractivity contribution is -0.641. The van der Waals surface area contributed by atoms with Crippen LogP contribution < -0.4 is 15.8 Å². The number of nitrogens with two attached hydrogens (primary N) is 1. The molecule has 0 aliphatic heterocycles. The number of benzene rings is 1. The molecule has 1 aromatic heterocycles. The fourth-order valence-corrected chi connectivity index (χ4v) is 1.46. The highest BCUT2D eigenvalue weighted by Gasteiger charge is 2.12. The van der Waals surface area contributed by atoms with Gasteiger partial charge in [-0.05, 0) is 18.2 Å². The Kier molecular flexibility index (Phi) is 3.33. The fraction of sp³-hybridized carbons (Fsp3) is 0. The van der Waals surface area contributed by atoms with E-state index in [1.54, 1.807) is 42.6 Å². The number of nitrogens with one attached hydrogen (secondary N) is 1. The number of carbonyl (C=O) groups excluding carboxylic acids is 2. The number of rotatable bonds is 3. The zero-order chi connectivity index (χ0) is 13.0. The van der Waals surface area contributed by atoms with E-state index in [4.69, 9.17) is 5.73 Å². The molecule has 90 valence electrons. The molecule has 0 aliphatic rings. The molecule has 0 radical (unpaired) electrons. The van der Waals surface area contributed by atoms with Gasteiger partial charge in [0.1, 0.15) is 5.56 Å². The number of aromatic nitrogens is 1. The largest absolute Gasteiger partial charge is 0.365 e. The van der Waals surface area contributed by atoms with Crippen molar-refractivity contribution in [3.05, 3.63) is 66.0 Å². The Labute approximate surface area is 104 Å². The van der Waals surface area contributed by atoms with Crippen LogP contribution in [0.4, 0.5) is 0 Å². The van der Waals surface area contributed by atoms with Crippen LogP contribution in [0, 0.1) is 0 Å². The molecule has 1 heterocycles. The average Bonchev–Trinajstić information content (AvgIpc) is 2.40. The molecule has 2 amide bonds. The molecule has 0 unspecified atom stereocenters. The first-order chi connectivity index (χ1) is 8.66. The van der Waals surface area contributed by atoms with Crippen molar-refractivity contribution < 1.29 is 14.3 Å². The summed E-state index contributed by atoms with van der Waals surface area (Å²) in [4.78, 5) is 22.9. The van der Waals surface area contributed by atoms with Gasteiger partial charge in [0.2, 0.25) is 6.20 Å². The monoisotopic (exact) mass is 242 g/mol. The third-order valence-electron chi connectivity index (χ3n) is 2.35. The first-order valence-electron chi connectivity index (χ1n) is 5.34. The second kappa shape index (κ2) is 5.09. The first-order valence-corrected chi connectivity index (χ1v) is 5.34. The zero-order valence-electron chi connectivity index (χ0n) is 9.54. The van der Waals surface area contributed by atoms with Crippen LogP contribution in [0.3, 0.4) is 0 Å². The van der Waals surface area contributed by atoms with E-state index < -0.39 is 5.91 Å². The first kappa shape index (κ1) is 11.8. The smallest absolute Gasteiger partial charge is 0.305 e. The van der Waals surface area contributed by atoms with Crippen LogP contribution in [0.2, 0.25) is 0 Å². The molecule has 1 aromatic carbocycles. The molecule has 0 atom stereocenters. The van der Waals surface area contributed by atoms with E-state index in [2.05, 4.69) is 5.43 Å². The molecule has 0 spiro atoms. The van der Waals surface area contributed by atoms with Gasteiger partial charge in [-0.2, -0.15) is 0 Å². The van der Waals surface area contributed by atoms with E-state index >= 15 is 0 Å². The van der Waals surface area contributed by atoms with Crippen molar-refractivity contribution in [2.75, 3.05) is 5.43 Å². The van der Waals surface area contributed by atoms with Gasteiger partial charge in [-0.3, -0.25) is 9.59 Å². The minimum atomic E-state index is -0.543. The molecular formula is C13H12N3O2+. The molecule has 5 heteroatoms. The SMILES string of the molecule is NC(=O)c1ccc[n+](NC(=O)c2ccccc2)c1. The van der Waals surface area contributed by atoms with Crippen LogP contribution in [-0.2, 0) is 0 Å². The molecule has 2 aromatic rings. The van der Waals surface area contributed by atoms with Crippen molar-refractivity contribution in [1.29, 1.82) is 0 Å². The van der Waals surface area contributed by atoms with Gasteiger partial charge >= 0.3 is 5.91 Å². The van der Waals surface area contributed by atoms with E-state index in [1.165, 1.54) is 10.9 Å². The molecular weight excluding hydrogens is 230 g/mol. The molecule has 0 saturated heterocycles. The van der Waals surface area contributed by atoms with Gasteiger partial charge in [0.15, 0.2) is 6.20 Å². The lowest BCUT2D eigenvalue weighted by Gasteiger charge is -2.00. The Morgan fingerprint density at radius 3 is 2.33 bits per heavy atom. The minimum absolute atomic E-state index is 0.262. The maximum atomic E-state index is 11.8. The Hall–Kier alpha value is -2.69. The summed E-state index contributed by atoms with van der Waals surface area (Å²) >= 11 is 0. The number of amides is 2. The van der Waals surface area contributed by atoms with Crippen LogP contribution in [0.5, 0.6) is 0 Å². The normalized spacial score (nSPS) is 9.78. The van der Waals surface area contributed by atoms with Crippen LogP contribution in [0.1, 0.15) is 20.7 Å². The van der Waals surface area contributed by atoms with Crippen molar-refractivity contribution >= 4 is 11.8 Å². The number of nitrogens with zero attached hydrogens (tertiary/aromatic N) is 1. The average molecular weight is 242 g/mol. The highest BCUT2D eigenvalue weighted by Crippen LogP contribution is 1.98. The van der Waals surface area contributed by atoms with Gasteiger partial charge in [0, 0.05) is 11.6 Å². The Balaban J connectivity index is 2.17. The van der Waals surface area contributed by atoms with Crippen molar-refractivity contribution in [2.45, 2.75) is 0 Å². The summed E-state index contributed by atoms with van der Waals surface area (Å²) in [6.45, 7) is 0. The van der Waals surface area contributed by atoms with Crippen LogP contribution >= 0.6 is 0 Å². The highest BCUT2D eigenvalue weighted by atomic mass is 16.2. The number of carbonyl (C=O) groups is 2. The summed E-state index contributed by atoms with van der Waals surface area (Å²) in [6.07, 6.45) is 3.08. The van der Waals surface area contributed by atoms with E-state index in [1.807, 2.05) is 6.07 Å². The predicted molar refractivity (Wildman–Crippen MR) is 65.3 cm³/mol. The summed E-state index contributed by atoms with van der Waals surface area (Å²) in [5.74, 6) is -0.805. The van der Waals surface area contributed by atoms with Gasteiger partial charge in [-0.25, -0.2) is 0 Å². The van der Waals surface area contributed by atoms with Gasteiger partial charge in [-0.15, -0.1) is 5.43 Å². The van der Waals surface area contributed by atoms with Crippen molar-refractivity contribution in [3.63, 3.8) is 0 Å². The van der Waals surface area contributed by atoms with Crippen molar-refractivity contribution in [1.82, 2.24) is 0 Å². The van der Waals surface area contributed by atoms with Crippen LogP contribution in [0.15, 0.2) is 54.9 Å². The topological polar surface area (TPSA) is 76.1 Å². The molecule has 5 nitrogen and oxygen atoms in total. The summed E-state index contributed by atoms with van der Waals surface area (Å²) in [5.41, 5.74) is 8.64. The van der Waals surface area contributed by atoms with E-state index in [0.29, 0.717) is 11.1 Å².